The van der Waals surface area contributed by atoms with Gasteiger partial charge in [-0.3, -0.25) is 9.59 Å². The first kappa shape index (κ1) is 16.3. The van der Waals surface area contributed by atoms with Crippen LogP contribution in [0.25, 0.3) is 0 Å². The number of carboxylic acid groups (broad SMARTS) is 2. The molecule has 0 unspecified atom stereocenters. The van der Waals surface area contributed by atoms with Gasteiger partial charge in [-0.2, -0.15) is 0 Å². The highest BCUT2D eigenvalue weighted by Crippen LogP contribution is 2.00. The standard InChI is InChI=1S/C10H19N3O5/c11-5-1-2-7(10(17)18)13-9(16)6(12)3-4-8(14)15/h6-7H,1-5,11-12H2,(H,13,16)(H,14,15)(H,17,18)/t6-,7+/m0/s1. The molecule has 1 amide bonds. The zero-order valence-electron chi connectivity index (χ0n) is 9.96. The largest absolute Gasteiger partial charge is 0.481 e. The number of aliphatic carboxylic acids is 2. The topological polar surface area (TPSA) is 156 Å². The molecule has 0 rings (SSSR count). The second kappa shape index (κ2) is 8.43. The third kappa shape index (κ3) is 6.81. The van der Waals surface area contributed by atoms with Gasteiger partial charge in [0.05, 0.1) is 6.04 Å². The van der Waals surface area contributed by atoms with Crippen molar-refractivity contribution in [3.63, 3.8) is 0 Å². The van der Waals surface area contributed by atoms with Crippen molar-refractivity contribution in [2.45, 2.75) is 37.8 Å². The molecule has 0 radical (unpaired) electrons. The van der Waals surface area contributed by atoms with E-state index in [-0.39, 0.29) is 19.3 Å². The van der Waals surface area contributed by atoms with Crippen LogP contribution >= 0.6 is 0 Å². The predicted octanol–water partition coefficient (Wildman–Crippen LogP) is -1.51. The monoisotopic (exact) mass is 261 g/mol. The molecule has 0 aliphatic carbocycles. The zero-order valence-corrected chi connectivity index (χ0v) is 9.96. The van der Waals surface area contributed by atoms with Crippen LogP contribution in [-0.4, -0.2) is 46.7 Å². The van der Waals surface area contributed by atoms with Crippen LogP contribution in [0.3, 0.4) is 0 Å². The second-order valence-electron chi connectivity index (χ2n) is 3.87. The van der Waals surface area contributed by atoms with Crippen molar-refractivity contribution in [1.82, 2.24) is 5.32 Å². The van der Waals surface area contributed by atoms with Crippen LogP contribution in [0, 0.1) is 0 Å². The number of nitrogens with one attached hydrogen (secondary N) is 1. The molecule has 2 atom stereocenters. The minimum Gasteiger partial charge on any atom is -0.481 e. The first-order chi connectivity index (χ1) is 8.38. The van der Waals surface area contributed by atoms with Gasteiger partial charge in [-0.1, -0.05) is 0 Å². The smallest absolute Gasteiger partial charge is 0.326 e. The highest BCUT2D eigenvalue weighted by molar-refractivity contribution is 5.87. The summed E-state index contributed by atoms with van der Waals surface area (Å²) in [7, 11) is 0. The van der Waals surface area contributed by atoms with Crippen LogP contribution in [0.2, 0.25) is 0 Å². The number of carbonyl (C=O) groups is 3. The molecule has 0 saturated carbocycles. The van der Waals surface area contributed by atoms with Crippen molar-refractivity contribution in [2.75, 3.05) is 6.54 Å². The quantitative estimate of drug-likeness (QED) is 0.337. The van der Waals surface area contributed by atoms with Gasteiger partial charge >= 0.3 is 11.9 Å². The van der Waals surface area contributed by atoms with Crippen molar-refractivity contribution in [2.24, 2.45) is 11.5 Å². The lowest BCUT2D eigenvalue weighted by Crippen LogP contribution is -2.48. The Balaban J connectivity index is 4.22. The maximum atomic E-state index is 11.5. The number of carboxylic acids is 2. The van der Waals surface area contributed by atoms with Crippen LogP contribution < -0.4 is 16.8 Å². The van der Waals surface area contributed by atoms with Crippen LogP contribution in [0.15, 0.2) is 0 Å². The van der Waals surface area contributed by atoms with E-state index in [9.17, 15) is 14.4 Å². The molecule has 0 heterocycles. The van der Waals surface area contributed by atoms with E-state index in [4.69, 9.17) is 21.7 Å². The third-order valence-electron chi connectivity index (χ3n) is 2.32. The van der Waals surface area contributed by atoms with Gasteiger partial charge in [0, 0.05) is 6.42 Å². The molecule has 7 N–H and O–H groups in total. The van der Waals surface area contributed by atoms with Crippen LogP contribution in [0.1, 0.15) is 25.7 Å². The summed E-state index contributed by atoms with van der Waals surface area (Å²) in [5.41, 5.74) is 10.7. The molecule has 104 valence electrons. The van der Waals surface area contributed by atoms with Crippen molar-refractivity contribution in [1.29, 1.82) is 0 Å². The molecule has 8 heteroatoms. The first-order valence-corrected chi connectivity index (χ1v) is 5.59. The molecular formula is C10H19N3O5. The Morgan fingerprint density at radius 1 is 1.17 bits per heavy atom. The third-order valence-corrected chi connectivity index (χ3v) is 2.32. The van der Waals surface area contributed by atoms with E-state index in [1.165, 1.54) is 0 Å². The minimum absolute atomic E-state index is 0.0373. The van der Waals surface area contributed by atoms with Crippen molar-refractivity contribution in [3.8, 4) is 0 Å². The van der Waals surface area contributed by atoms with Crippen molar-refractivity contribution in [3.05, 3.63) is 0 Å². The average Bonchev–Trinajstić information content (AvgIpc) is 2.30. The molecule has 0 spiro atoms. The Morgan fingerprint density at radius 3 is 2.22 bits per heavy atom. The predicted molar refractivity (Wildman–Crippen MR) is 62.7 cm³/mol. The summed E-state index contributed by atoms with van der Waals surface area (Å²) in [5, 5.41) is 19.6. The Morgan fingerprint density at radius 2 is 1.78 bits per heavy atom. The van der Waals surface area contributed by atoms with Gasteiger partial charge in [-0.25, -0.2) is 4.79 Å². The van der Waals surface area contributed by atoms with Gasteiger partial charge in [0.1, 0.15) is 6.04 Å². The molecule has 0 saturated heterocycles. The molecule has 0 aromatic rings. The van der Waals surface area contributed by atoms with Gasteiger partial charge in [0.15, 0.2) is 0 Å². The van der Waals surface area contributed by atoms with E-state index in [2.05, 4.69) is 5.32 Å². The Kier molecular flexibility index (Phi) is 7.64. The van der Waals surface area contributed by atoms with Gasteiger partial charge in [-0.05, 0) is 25.8 Å². The summed E-state index contributed by atoms with van der Waals surface area (Å²) in [5.74, 6) is -2.89. The number of nitrogens with two attached hydrogens (primary N) is 2. The molecule has 8 nitrogen and oxygen atoms in total. The van der Waals surface area contributed by atoms with Crippen LogP contribution in [0.4, 0.5) is 0 Å². The molecule has 0 aliphatic rings. The van der Waals surface area contributed by atoms with E-state index in [1.54, 1.807) is 0 Å². The van der Waals surface area contributed by atoms with Crippen LogP contribution in [-0.2, 0) is 14.4 Å². The van der Waals surface area contributed by atoms with Gasteiger partial charge < -0.3 is 27.0 Å². The SMILES string of the molecule is NCCC[C@@H](NC(=O)[C@@H](N)CCC(=O)O)C(=O)O. The van der Waals surface area contributed by atoms with Crippen molar-refractivity contribution >= 4 is 17.8 Å². The summed E-state index contributed by atoms with van der Waals surface area (Å²) >= 11 is 0. The molecule has 0 aromatic heterocycles. The molecular weight excluding hydrogens is 242 g/mol. The lowest BCUT2D eigenvalue weighted by Gasteiger charge is -2.17. The minimum atomic E-state index is -1.16. The number of hydrogen-bond donors (Lipinski definition) is 5. The maximum absolute atomic E-state index is 11.5. The van der Waals surface area contributed by atoms with Gasteiger partial charge in [0.25, 0.3) is 0 Å². The highest BCUT2D eigenvalue weighted by Gasteiger charge is 2.22. The Labute approximate surface area is 104 Å². The molecule has 0 aliphatic heterocycles. The molecule has 0 bridgehead atoms. The van der Waals surface area contributed by atoms with E-state index in [0.29, 0.717) is 13.0 Å². The van der Waals surface area contributed by atoms with E-state index in [1.807, 2.05) is 0 Å². The van der Waals surface area contributed by atoms with Gasteiger partial charge in [0.2, 0.25) is 5.91 Å². The lowest BCUT2D eigenvalue weighted by atomic mass is 10.1. The first-order valence-electron chi connectivity index (χ1n) is 5.59. The van der Waals surface area contributed by atoms with Crippen LogP contribution in [0.5, 0.6) is 0 Å². The summed E-state index contributed by atoms with van der Waals surface area (Å²) in [6, 6.07) is -2.07. The zero-order chi connectivity index (χ0) is 14.1. The lowest BCUT2D eigenvalue weighted by molar-refractivity contribution is -0.142. The molecule has 18 heavy (non-hydrogen) atoms. The maximum Gasteiger partial charge on any atom is 0.326 e. The van der Waals surface area contributed by atoms with E-state index < -0.39 is 29.9 Å². The Bertz CT molecular complexity index is 308. The molecule has 0 fully saturated rings. The number of hydrogen-bond acceptors (Lipinski definition) is 5. The summed E-state index contributed by atoms with van der Waals surface area (Å²) in [6.45, 7) is 0.324. The molecule has 0 aromatic carbocycles. The normalized spacial score (nSPS) is 13.7. The fraction of sp³-hybridized carbons (Fsp3) is 0.700. The summed E-state index contributed by atoms with van der Waals surface area (Å²) in [6.07, 6.45) is 0.393. The highest BCUT2D eigenvalue weighted by atomic mass is 16.4. The number of rotatable bonds is 9. The fourth-order valence-electron chi connectivity index (χ4n) is 1.27. The number of carbonyl (C=O) groups excluding carboxylic acids is 1. The number of amides is 1. The Hall–Kier alpha value is -1.67. The summed E-state index contributed by atoms with van der Waals surface area (Å²) in [4.78, 5) is 32.7. The fourth-order valence-corrected chi connectivity index (χ4v) is 1.27. The van der Waals surface area contributed by atoms with Gasteiger partial charge in [-0.15, -0.1) is 0 Å². The second-order valence-corrected chi connectivity index (χ2v) is 3.87. The summed E-state index contributed by atoms with van der Waals surface area (Å²) < 4.78 is 0. The van der Waals surface area contributed by atoms with Crippen molar-refractivity contribution < 1.29 is 24.6 Å². The van der Waals surface area contributed by atoms with E-state index >= 15 is 0 Å². The average molecular weight is 261 g/mol. The van der Waals surface area contributed by atoms with E-state index in [0.717, 1.165) is 0 Å².